The third kappa shape index (κ3) is 4.97. The first-order chi connectivity index (χ1) is 18.3. The van der Waals surface area contributed by atoms with Crippen molar-refractivity contribution in [1.82, 2.24) is 20.1 Å². The molecule has 38 heavy (non-hydrogen) atoms. The molecule has 2 aliphatic rings. The van der Waals surface area contributed by atoms with E-state index < -0.39 is 0 Å². The van der Waals surface area contributed by atoms with E-state index in [9.17, 15) is 18.8 Å². The molecule has 2 aromatic carbocycles. The molecule has 0 saturated carbocycles. The zero-order valence-corrected chi connectivity index (χ0v) is 21.4. The summed E-state index contributed by atoms with van der Waals surface area (Å²) < 4.78 is 14.6. The summed E-state index contributed by atoms with van der Waals surface area (Å²) in [6.45, 7) is 7.58. The Hall–Kier alpha value is -4.24. The highest BCUT2D eigenvalue weighted by Gasteiger charge is 2.29. The molecule has 0 radical (unpaired) electrons. The summed E-state index contributed by atoms with van der Waals surface area (Å²) in [4.78, 5) is 44.5. The normalized spacial score (nSPS) is 16.4. The van der Waals surface area contributed by atoms with Gasteiger partial charge in [0, 0.05) is 74.9 Å². The van der Waals surface area contributed by atoms with Crippen LogP contribution in [-0.2, 0) is 9.59 Å². The van der Waals surface area contributed by atoms with E-state index in [4.69, 9.17) is 0 Å². The highest BCUT2D eigenvalue weighted by Crippen LogP contribution is 2.41. The standard InChI is InChI=1S/C29H30FN5O3/c1-18-23(28(37)31-10-11-34-12-14-35(15-13-34)19(2)36)17-32-26(18)16-22-27-21(20-6-3-4-8-24(20)30)7-5-9-25(27)33-29(22)38/h3-9,16-17,32H,10-15H2,1-2H3,(H,31,37)(H,33,38). The third-order valence-corrected chi connectivity index (χ3v) is 7.24. The second kappa shape index (κ2) is 10.6. The highest BCUT2D eigenvalue weighted by atomic mass is 19.1. The fraction of sp³-hybridized carbons (Fsp3) is 0.276. The highest BCUT2D eigenvalue weighted by molar-refractivity contribution is 6.36. The molecule has 2 aliphatic heterocycles. The summed E-state index contributed by atoms with van der Waals surface area (Å²) in [5.41, 5.74) is 4.54. The van der Waals surface area contributed by atoms with E-state index in [1.165, 1.54) is 6.07 Å². The fourth-order valence-corrected chi connectivity index (χ4v) is 5.04. The van der Waals surface area contributed by atoms with Crippen LogP contribution >= 0.6 is 0 Å². The molecule has 0 aliphatic carbocycles. The first kappa shape index (κ1) is 25.4. The lowest BCUT2D eigenvalue weighted by Gasteiger charge is -2.34. The summed E-state index contributed by atoms with van der Waals surface area (Å²) in [7, 11) is 0. The van der Waals surface area contributed by atoms with Crippen LogP contribution in [0.3, 0.4) is 0 Å². The molecular formula is C29H30FN5O3. The lowest BCUT2D eigenvalue weighted by molar-refractivity contribution is -0.130. The van der Waals surface area contributed by atoms with Gasteiger partial charge in [0.1, 0.15) is 5.82 Å². The number of fused-ring (bicyclic) bond motifs is 1. The van der Waals surface area contributed by atoms with E-state index in [1.807, 2.05) is 11.8 Å². The van der Waals surface area contributed by atoms with Crippen molar-refractivity contribution in [2.24, 2.45) is 0 Å². The minimum atomic E-state index is -0.365. The van der Waals surface area contributed by atoms with Crippen LogP contribution in [0.1, 0.15) is 34.1 Å². The van der Waals surface area contributed by atoms with Crippen LogP contribution in [0.4, 0.5) is 10.1 Å². The molecule has 3 amide bonds. The van der Waals surface area contributed by atoms with E-state index in [-0.39, 0.29) is 23.5 Å². The van der Waals surface area contributed by atoms with E-state index in [2.05, 4.69) is 20.5 Å². The van der Waals surface area contributed by atoms with Crippen molar-refractivity contribution < 1.29 is 18.8 Å². The van der Waals surface area contributed by atoms with Gasteiger partial charge in [0.2, 0.25) is 5.91 Å². The topological polar surface area (TPSA) is 97.5 Å². The molecule has 0 spiro atoms. The molecule has 8 nitrogen and oxygen atoms in total. The van der Waals surface area contributed by atoms with Gasteiger partial charge in [-0.15, -0.1) is 0 Å². The number of aromatic amines is 1. The number of hydrogen-bond acceptors (Lipinski definition) is 4. The largest absolute Gasteiger partial charge is 0.361 e. The number of aromatic nitrogens is 1. The third-order valence-electron chi connectivity index (χ3n) is 7.24. The molecule has 5 rings (SSSR count). The van der Waals surface area contributed by atoms with Crippen LogP contribution in [0.5, 0.6) is 0 Å². The molecule has 3 aromatic rings. The van der Waals surface area contributed by atoms with Crippen molar-refractivity contribution in [3.63, 3.8) is 0 Å². The predicted molar refractivity (Wildman–Crippen MR) is 145 cm³/mol. The number of nitrogens with zero attached hydrogens (tertiary/aromatic N) is 2. The number of hydrogen-bond donors (Lipinski definition) is 3. The Morgan fingerprint density at radius 1 is 1.05 bits per heavy atom. The van der Waals surface area contributed by atoms with Crippen LogP contribution in [0.15, 0.2) is 48.7 Å². The number of carbonyl (C=O) groups excluding carboxylic acids is 3. The number of benzene rings is 2. The van der Waals surface area contributed by atoms with Gasteiger partial charge in [-0.05, 0) is 36.3 Å². The van der Waals surface area contributed by atoms with Crippen LogP contribution in [0.25, 0.3) is 22.8 Å². The number of H-pyrrole nitrogens is 1. The second-order valence-corrected chi connectivity index (χ2v) is 9.56. The van der Waals surface area contributed by atoms with Crippen molar-refractivity contribution in [3.05, 3.63) is 76.9 Å². The van der Waals surface area contributed by atoms with E-state index >= 15 is 0 Å². The van der Waals surface area contributed by atoms with Gasteiger partial charge in [-0.3, -0.25) is 19.3 Å². The van der Waals surface area contributed by atoms with Crippen molar-refractivity contribution >= 4 is 35.1 Å². The SMILES string of the molecule is CC(=O)N1CCN(CCNC(=O)c2c[nH]c(C=C3C(=O)Nc4cccc(-c5ccccc5F)c43)c2C)CC1. The van der Waals surface area contributed by atoms with Crippen molar-refractivity contribution in [2.75, 3.05) is 44.6 Å². The predicted octanol–water partition coefficient (Wildman–Crippen LogP) is 3.52. The Morgan fingerprint density at radius 3 is 2.53 bits per heavy atom. The van der Waals surface area contributed by atoms with E-state index in [1.54, 1.807) is 55.6 Å². The van der Waals surface area contributed by atoms with Crippen molar-refractivity contribution in [1.29, 1.82) is 0 Å². The summed E-state index contributed by atoms with van der Waals surface area (Å²) in [5.74, 6) is -0.758. The monoisotopic (exact) mass is 515 g/mol. The number of anilines is 1. The number of carbonyl (C=O) groups is 3. The van der Waals surface area contributed by atoms with Crippen LogP contribution in [-0.4, -0.2) is 71.8 Å². The maximum absolute atomic E-state index is 14.6. The summed E-state index contributed by atoms with van der Waals surface area (Å²) in [6.07, 6.45) is 3.35. The molecule has 1 aromatic heterocycles. The van der Waals surface area contributed by atoms with Gasteiger partial charge in [0.05, 0.1) is 11.1 Å². The molecule has 3 N–H and O–H groups in total. The van der Waals surface area contributed by atoms with Gasteiger partial charge in [-0.25, -0.2) is 4.39 Å². The van der Waals surface area contributed by atoms with Gasteiger partial charge in [-0.2, -0.15) is 0 Å². The Morgan fingerprint density at radius 2 is 1.79 bits per heavy atom. The minimum absolute atomic E-state index is 0.0914. The number of amides is 3. The van der Waals surface area contributed by atoms with Gasteiger partial charge in [0.25, 0.3) is 11.8 Å². The van der Waals surface area contributed by atoms with Gasteiger partial charge in [-0.1, -0.05) is 30.3 Å². The lowest BCUT2D eigenvalue weighted by Crippen LogP contribution is -2.49. The Kier molecular flexibility index (Phi) is 7.11. The molecule has 0 unspecified atom stereocenters. The zero-order chi connectivity index (χ0) is 26.8. The van der Waals surface area contributed by atoms with E-state index in [0.29, 0.717) is 65.4 Å². The summed E-state index contributed by atoms with van der Waals surface area (Å²) >= 11 is 0. The minimum Gasteiger partial charge on any atom is -0.361 e. The van der Waals surface area contributed by atoms with Crippen LogP contribution < -0.4 is 10.6 Å². The first-order valence-electron chi connectivity index (χ1n) is 12.7. The maximum Gasteiger partial charge on any atom is 0.256 e. The summed E-state index contributed by atoms with van der Waals surface area (Å²) in [6, 6.07) is 11.9. The molecule has 0 atom stereocenters. The molecule has 1 saturated heterocycles. The van der Waals surface area contributed by atoms with Gasteiger partial charge in [0.15, 0.2) is 0 Å². The molecule has 0 bridgehead atoms. The molecule has 3 heterocycles. The lowest BCUT2D eigenvalue weighted by atomic mass is 9.94. The first-order valence-corrected chi connectivity index (χ1v) is 12.7. The fourth-order valence-electron chi connectivity index (χ4n) is 5.04. The van der Waals surface area contributed by atoms with Crippen molar-refractivity contribution in [2.45, 2.75) is 13.8 Å². The van der Waals surface area contributed by atoms with Crippen LogP contribution in [0.2, 0.25) is 0 Å². The second-order valence-electron chi connectivity index (χ2n) is 9.56. The van der Waals surface area contributed by atoms with Crippen LogP contribution in [0, 0.1) is 12.7 Å². The number of rotatable bonds is 6. The average Bonchev–Trinajstić information content (AvgIpc) is 3.43. The van der Waals surface area contributed by atoms with Gasteiger partial charge < -0.3 is 20.5 Å². The molecule has 196 valence electrons. The Labute approximate surface area is 220 Å². The quantitative estimate of drug-likeness (QED) is 0.438. The average molecular weight is 516 g/mol. The molecule has 1 fully saturated rings. The smallest absolute Gasteiger partial charge is 0.256 e. The molecule has 9 heteroatoms. The van der Waals surface area contributed by atoms with Crippen molar-refractivity contribution in [3.8, 4) is 11.1 Å². The van der Waals surface area contributed by atoms with Gasteiger partial charge >= 0.3 is 0 Å². The zero-order valence-electron chi connectivity index (χ0n) is 21.4. The van der Waals surface area contributed by atoms with E-state index in [0.717, 1.165) is 18.7 Å². The number of halogens is 1. The summed E-state index contributed by atoms with van der Waals surface area (Å²) in [5, 5.41) is 5.83. The number of nitrogens with one attached hydrogen (secondary N) is 3. The Bertz CT molecular complexity index is 1440. The number of piperazine rings is 1. The molecular weight excluding hydrogens is 485 g/mol. The Balaban J connectivity index is 1.31. The maximum atomic E-state index is 14.6.